The van der Waals surface area contributed by atoms with Gasteiger partial charge in [-0.1, -0.05) is 346 Å². The lowest BCUT2D eigenvalue weighted by Crippen LogP contribution is -2.11. The minimum Gasteiger partial charge on any atom is -0.455 e. The fraction of sp³-hybridized carbons (Fsp3) is 0. The van der Waals surface area contributed by atoms with Gasteiger partial charge in [-0.3, -0.25) is 0 Å². The minimum absolute atomic E-state index is 0.816. The van der Waals surface area contributed by atoms with E-state index in [9.17, 15) is 0 Å². The average molecular weight is 1660 g/mol. The second-order valence-electron chi connectivity index (χ2n) is 33.8. The highest BCUT2D eigenvalue weighted by atomic mass is 16.3. The van der Waals surface area contributed by atoms with Crippen molar-refractivity contribution in [2.24, 2.45) is 0 Å². The van der Waals surface area contributed by atoms with E-state index in [4.69, 9.17) is 8.83 Å². The normalized spacial score (nSPS) is 11.7. The minimum atomic E-state index is 0.816. The fourth-order valence-corrected chi connectivity index (χ4v) is 20.3. The number of fused-ring (bicyclic) bond motifs is 13. The van der Waals surface area contributed by atoms with Gasteiger partial charge in [0.2, 0.25) is 0 Å². The molecule has 0 saturated heterocycles. The molecule has 21 aromatic carbocycles. The van der Waals surface area contributed by atoms with Crippen molar-refractivity contribution in [3.8, 4) is 112 Å². The molecular weight excluding hydrogens is 1580 g/mol. The topological polar surface area (TPSA) is 42.6 Å². The lowest BCUT2D eigenvalue weighted by atomic mass is 9.94. The van der Waals surface area contributed by atoms with Gasteiger partial charge >= 0.3 is 0 Å². The molecular formula is C124H80N4O2. The van der Waals surface area contributed by atoms with Crippen LogP contribution in [0.3, 0.4) is 0 Å². The zero-order valence-electron chi connectivity index (χ0n) is 70.8. The molecule has 4 aromatic heterocycles. The van der Waals surface area contributed by atoms with Crippen molar-refractivity contribution in [3.63, 3.8) is 0 Å². The van der Waals surface area contributed by atoms with Crippen LogP contribution in [0.15, 0.2) is 494 Å². The number of hydrogen-bond donors (Lipinski definition) is 0. The van der Waals surface area contributed by atoms with Crippen molar-refractivity contribution in [2.75, 3.05) is 9.80 Å². The van der Waals surface area contributed by atoms with Crippen LogP contribution in [0.25, 0.3) is 210 Å². The summed E-state index contributed by atoms with van der Waals surface area (Å²) in [5.74, 6) is 0. The van der Waals surface area contributed by atoms with E-state index in [0.717, 1.165) is 184 Å². The highest BCUT2D eigenvalue weighted by Gasteiger charge is 2.26. The lowest BCUT2D eigenvalue weighted by molar-refractivity contribution is 0.669. The van der Waals surface area contributed by atoms with Gasteiger partial charge in [-0.25, -0.2) is 0 Å². The zero-order chi connectivity index (χ0) is 85.7. The molecule has 0 aliphatic heterocycles. The van der Waals surface area contributed by atoms with Crippen molar-refractivity contribution in [3.05, 3.63) is 485 Å². The summed E-state index contributed by atoms with van der Waals surface area (Å²) in [5, 5.41) is 11.6. The molecule has 25 rings (SSSR count). The molecule has 25 aromatic rings. The van der Waals surface area contributed by atoms with Crippen molar-refractivity contribution in [1.29, 1.82) is 0 Å². The molecule has 130 heavy (non-hydrogen) atoms. The largest absolute Gasteiger partial charge is 0.455 e. The van der Waals surface area contributed by atoms with E-state index in [2.05, 4.69) is 498 Å². The standard InChI is InChI=1S/C124H80N4O2/c1-2-28-84(29-3-1)112-79-87(66-72-120(112)126(98-41-24-38-93(78-98)103-51-26-53-110-109-49-12-19-61-121(109)129-123(103)110)95-70-64-82(65-71-95)86-33-21-35-90(75-86)102-44-7-14-56-115(102)128-118-59-17-10-47-107(118)108-48-11-18-60-119(108)128)88-67-73-122-113(80-88)111-54-27-52-104(124(111)130-122)92-37-23-40-97(77-92)125(96-39-22-36-91(76-96)100-50-25-31-83-30-4-5-42-99(83)100)94-68-62-81(63-69-94)85-32-20-34-89(74-85)101-43-6-13-55-114(101)127-116-57-15-8-45-105(116)106-46-9-16-58-117(106)127/h1-80H. The molecule has 0 N–H and O–H groups in total. The SMILES string of the molecule is c1ccc(-c2cc(-c3ccc4oc5c(-c6cccc(N(c7ccc(-c8cccc(-c9ccccc9-n9c%10ccccc%10c%10ccccc%109)c8)cc7)c7cccc(-c8cccc9ccccc89)c7)c6)cccc5c4c3)ccc2N(c2ccc(-c3cccc(-c4ccccc4-n4c5ccccc5c5ccccc54)c3)cc2)c2cccc(-c3cccc4c3oc3ccccc34)c2)cc1. The molecule has 0 saturated carbocycles. The van der Waals surface area contributed by atoms with Gasteiger partial charge in [0, 0.05) is 99.3 Å². The Labute approximate surface area is 751 Å². The van der Waals surface area contributed by atoms with Gasteiger partial charge in [-0.05, 0) is 223 Å². The highest BCUT2D eigenvalue weighted by molar-refractivity contribution is 6.14. The molecule has 0 unspecified atom stereocenters. The van der Waals surface area contributed by atoms with Crippen LogP contribution in [0, 0.1) is 0 Å². The first-order valence-corrected chi connectivity index (χ1v) is 44.5. The average Bonchev–Trinajstić information content (AvgIpc) is 1.59. The van der Waals surface area contributed by atoms with Gasteiger partial charge in [0.1, 0.15) is 22.3 Å². The molecule has 608 valence electrons. The molecule has 0 bridgehead atoms. The maximum Gasteiger partial charge on any atom is 0.143 e. The van der Waals surface area contributed by atoms with E-state index < -0.39 is 0 Å². The Morgan fingerprint density at radius 2 is 0.500 bits per heavy atom. The van der Waals surface area contributed by atoms with Crippen LogP contribution >= 0.6 is 0 Å². The third-order valence-corrected chi connectivity index (χ3v) is 26.3. The summed E-state index contributed by atoms with van der Waals surface area (Å²) < 4.78 is 18.7. The predicted octanol–water partition coefficient (Wildman–Crippen LogP) is 34.8. The van der Waals surface area contributed by atoms with E-state index in [1.54, 1.807) is 0 Å². The molecule has 0 aliphatic carbocycles. The number of aromatic nitrogens is 2. The van der Waals surface area contributed by atoms with E-state index in [0.29, 0.717) is 0 Å². The first-order valence-electron chi connectivity index (χ1n) is 44.5. The van der Waals surface area contributed by atoms with Gasteiger partial charge in [0.05, 0.1) is 39.1 Å². The zero-order valence-corrected chi connectivity index (χ0v) is 70.8. The first kappa shape index (κ1) is 75.2. The Morgan fingerprint density at radius 1 is 0.162 bits per heavy atom. The van der Waals surface area contributed by atoms with Crippen LogP contribution in [-0.4, -0.2) is 9.13 Å². The molecule has 0 aliphatic rings. The van der Waals surface area contributed by atoms with Gasteiger partial charge in [0.25, 0.3) is 0 Å². The van der Waals surface area contributed by atoms with Gasteiger partial charge in [-0.15, -0.1) is 0 Å². The number of nitrogens with zero attached hydrogens (tertiary/aromatic N) is 4. The Morgan fingerprint density at radius 3 is 1.05 bits per heavy atom. The van der Waals surface area contributed by atoms with Crippen molar-refractivity contribution < 1.29 is 8.83 Å². The van der Waals surface area contributed by atoms with E-state index in [1.807, 2.05) is 6.07 Å². The summed E-state index contributed by atoms with van der Waals surface area (Å²) in [6, 6.07) is 177. The van der Waals surface area contributed by atoms with Gasteiger partial charge < -0.3 is 27.8 Å². The Hall–Kier alpha value is -17.3. The summed E-state index contributed by atoms with van der Waals surface area (Å²) in [6.45, 7) is 0. The maximum atomic E-state index is 7.15. The second-order valence-corrected chi connectivity index (χ2v) is 33.8. The number of hydrogen-bond acceptors (Lipinski definition) is 4. The molecule has 0 amide bonds. The maximum absolute atomic E-state index is 7.15. The van der Waals surface area contributed by atoms with Crippen LogP contribution in [0.2, 0.25) is 0 Å². The summed E-state index contributed by atoms with van der Waals surface area (Å²) in [4.78, 5) is 4.82. The third kappa shape index (κ3) is 12.9. The van der Waals surface area contributed by atoms with Crippen LogP contribution < -0.4 is 9.80 Å². The highest BCUT2D eigenvalue weighted by Crippen LogP contribution is 2.50. The number of para-hydroxylation sites is 9. The lowest BCUT2D eigenvalue weighted by Gasteiger charge is -2.29. The quantitative estimate of drug-likeness (QED) is 0.0911. The van der Waals surface area contributed by atoms with Gasteiger partial charge in [0.15, 0.2) is 0 Å². The predicted molar refractivity (Wildman–Crippen MR) is 545 cm³/mol. The van der Waals surface area contributed by atoms with Crippen molar-refractivity contribution in [1.82, 2.24) is 9.13 Å². The van der Waals surface area contributed by atoms with E-state index in [-0.39, 0.29) is 0 Å². The molecule has 0 radical (unpaired) electrons. The van der Waals surface area contributed by atoms with Crippen LogP contribution in [0.4, 0.5) is 34.1 Å². The summed E-state index contributed by atoms with van der Waals surface area (Å²) in [7, 11) is 0. The van der Waals surface area contributed by atoms with Crippen LogP contribution in [0.5, 0.6) is 0 Å². The van der Waals surface area contributed by atoms with Gasteiger partial charge in [-0.2, -0.15) is 0 Å². The van der Waals surface area contributed by atoms with Crippen LogP contribution in [-0.2, 0) is 0 Å². The van der Waals surface area contributed by atoms with Crippen molar-refractivity contribution in [2.45, 2.75) is 0 Å². The van der Waals surface area contributed by atoms with E-state index >= 15 is 0 Å². The summed E-state index contributed by atoms with van der Waals surface area (Å²) in [6.07, 6.45) is 0. The molecule has 0 fully saturated rings. The first-order chi connectivity index (χ1) is 64.5. The second kappa shape index (κ2) is 31.4. The van der Waals surface area contributed by atoms with Crippen molar-refractivity contribution >= 4 is 132 Å². The van der Waals surface area contributed by atoms with E-state index in [1.165, 1.54) is 59.9 Å². The monoisotopic (exact) mass is 1660 g/mol. The van der Waals surface area contributed by atoms with Crippen LogP contribution in [0.1, 0.15) is 0 Å². The smallest absolute Gasteiger partial charge is 0.143 e. The molecule has 4 heterocycles. The fourth-order valence-electron chi connectivity index (χ4n) is 20.3. The molecule has 0 spiro atoms. The Balaban J connectivity index is 0.576. The summed E-state index contributed by atoms with van der Waals surface area (Å²) >= 11 is 0. The Bertz CT molecular complexity index is 8650. The molecule has 6 heteroatoms. The molecule has 6 nitrogen and oxygen atoms in total. The summed E-state index contributed by atoms with van der Waals surface area (Å²) in [5.41, 5.74) is 36.4. The molecule has 0 atom stereocenters. The number of anilines is 6. The number of benzene rings is 21. The third-order valence-electron chi connectivity index (χ3n) is 26.3. The number of furan rings is 2. The Kier molecular flexibility index (Phi) is 18.2. The number of rotatable bonds is 17.